The number of carboxylic acid groups (broad SMARTS) is 1. The molecule has 1 rings (SSSR count). The lowest BCUT2D eigenvalue weighted by atomic mass is 10.0. The zero-order valence-electron chi connectivity index (χ0n) is 5.71. The maximum Gasteiger partial charge on any atom is 0.404 e. The van der Waals surface area contributed by atoms with Gasteiger partial charge in [0.25, 0.3) is 0 Å². The summed E-state index contributed by atoms with van der Waals surface area (Å²) in [5.41, 5.74) is 0. The smallest absolute Gasteiger partial charge is 0.404 e. The van der Waals surface area contributed by atoms with E-state index in [0.29, 0.717) is 0 Å². The van der Waals surface area contributed by atoms with Gasteiger partial charge in [0.05, 0.1) is 0 Å². The van der Waals surface area contributed by atoms with Gasteiger partial charge < -0.3 is 10.4 Å². The summed E-state index contributed by atoms with van der Waals surface area (Å²) >= 11 is 0. The Morgan fingerprint density at radius 2 is 2.40 bits per heavy atom. The van der Waals surface area contributed by atoms with Crippen molar-refractivity contribution in [2.75, 3.05) is 0 Å². The third-order valence-corrected chi connectivity index (χ3v) is 1.60. The van der Waals surface area contributed by atoms with Crippen LogP contribution in [0.2, 0.25) is 0 Å². The molecule has 0 aromatic heterocycles. The molecule has 0 aliphatic heterocycles. The maximum absolute atomic E-state index is 10.1. The summed E-state index contributed by atoms with van der Waals surface area (Å²) in [5, 5.41) is 10.8. The van der Waals surface area contributed by atoms with E-state index in [-0.39, 0.29) is 6.04 Å². The van der Waals surface area contributed by atoms with Crippen LogP contribution in [0.3, 0.4) is 0 Å². The second-order valence-electron chi connectivity index (χ2n) is 2.43. The lowest BCUT2D eigenvalue weighted by Gasteiger charge is -2.16. The van der Waals surface area contributed by atoms with Crippen LogP contribution < -0.4 is 5.32 Å². The molecular weight excluding hydrogens is 130 g/mol. The first-order valence-electron chi connectivity index (χ1n) is 3.43. The van der Waals surface area contributed by atoms with Gasteiger partial charge in [-0.2, -0.15) is 0 Å². The van der Waals surface area contributed by atoms with Crippen LogP contribution >= 0.6 is 0 Å². The summed E-state index contributed by atoms with van der Waals surface area (Å²) in [7, 11) is 0. The number of allylic oxidation sites excluding steroid dienone is 1. The van der Waals surface area contributed by atoms with Crippen LogP contribution in [0, 0.1) is 0 Å². The van der Waals surface area contributed by atoms with Gasteiger partial charge in [0.15, 0.2) is 0 Å². The fourth-order valence-corrected chi connectivity index (χ4v) is 1.10. The first-order chi connectivity index (χ1) is 4.79. The summed E-state index contributed by atoms with van der Waals surface area (Å²) < 4.78 is 0. The second-order valence-corrected chi connectivity index (χ2v) is 2.43. The Morgan fingerprint density at radius 3 is 2.90 bits per heavy atom. The number of carbonyl (C=O) groups is 1. The lowest BCUT2D eigenvalue weighted by molar-refractivity contribution is 0.189. The number of hydrogen-bond donors (Lipinski definition) is 2. The van der Waals surface area contributed by atoms with Crippen molar-refractivity contribution in [2.45, 2.75) is 25.3 Å². The molecule has 1 atom stereocenters. The average molecular weight is 141 g/mol. The third kappa shape index (κ3) is 2.09. The SMILES string of the molecule is O=C(O)N[C@@H]1CC=CCC1. The fraction of sp³-hybridized carbons (Fsp3) is 0.571. The van der Waals surface area contributed by atoms with Crippen molar-refractivity contribution in [1.82, 2.24) is 5.32 Å². The van der Waals surface area contributed by atoms with E-state index in [0.717, 1.165) is 19.3 Å². The van der Waals surface area contributed by atoms with Crippen LogP contribution in [0.5, 0.6) is 0 Å². The van der Waals surface area contributed by atoms with E-state index in [1.165, 1.54) is 0 Å². The molecular formula is C7H11NO2. The number of amides is 1. The van der Waals surface area contributed by atoms with Gasteiger partial charge in [0.2, 0.25) is 0 Å². The molecule has 0 bridgehead atoms. The summed E-state index contributed by atoms with van der Waals surface area (Å²) in [6.07, 6.45) is 5.95. The Balaban J connectivity index is 2.28. The van der Waals surface area contributed by atoms with Gasteiger partial charge in [-0.3, -0.25) is 0 Å². The van der Waals surface area contributed by atoms with Crippen molar-refractivity contribution in [3.63, 3.8) is 0 Å². The quantitative estimate of drug-likeness (QED) is 0.542. The van der Waals surface area contributed by atoms with Gasteiger partial charge >= 0.3 is 6.09 Å². The van der Waals surface area contributed by atoms with E-state index >= 15 is 0 Å². The minimum atomic E-state index is -0.916. The van der Waals surface area contributed by atoms with Gasteiger partial charge in [-0.05, 0) is 19.3 Å². The first-order valence-corrected chi connectivity index (χ1v) is 3.43. The molecule has 0 heterocycles. The molecule has 0 unspecified atom stereocenters. The molecule has 0 fully saturated rings. The molecule has 0 radical (unpaired) electrons. The van der Waals surface area contributed by atoms with Crippen LogP contribution in [-0.4, -0.2) is 17.2 Å². The van der Waals surface area contributed by atoms with Crippen molar-refractivity contribution in [3.8, 4) is 0 Å². The summed E-state index contributed by atoms with van der Waals surface area (Å²) in [5.74, 6) is 0. The number of nitrogens with one attached hydrogen (secondary N) is 1. The molecule has 0 saturated heterocycles. The largest absolute Gasteiger partial charge is 0.465 e. The molecule has 10 heavy (non-hydrogen) atoms. The van der Waals surface area contributed by atoms with Crippen molar-refractivity contribution in [3.05, 3.63) is 12.2 Å². The van der Waals surface area contributed by atoms with Crippen molar-refractivity contribution in [2.24, 2.45) is 0 Å². The number of hydrogen-bond acceptors (Lipinski definition) is 1. The molecule has 2 N–H and O–H groups in total. The molecule has 1 amide bonds. The first kappa shape index (κ1) is 7.12. The standard InChI is InChI=1S/C7H11NO2/c9-7(10)8-6-4-2-1-3-5-6/h1-2,6,8H,3-5H2,(H,9,10)/t6-/m1/s1. The van der Waals surface area contributed by atoms with Gasteiger partial charge in [-0.25, -0.2) is 4.79 Å². The maximum atomic E-state index is 10.1. The molecule has 0 aromatic carbocycles. The molecule has 0 aromatic rings. The second kappa shape index (κ2) is 3.25. The van der Waals surface area contributed by atoms with E-state index in [9.17, 15) is 4.79 Å². The Bertz CT molecular complexity index is 154. The highest BCUT2D eigenvalue weighted by atomic mass is 16.4. The summed E-state index contributed by atoms with van der Waals surface area (Å²) in [4.78, 5) is 10.1. The molecule has 0 saturated carbocycles. The Morgan fingerprint density at radius 1 is 1.60 bits per heavy atom. The van der Waals surface area contributed by atoms with Crippen LogP contribution in [0.25, 0.3) is 0 Å². The van der Waals surface area contributed by atoms with Crippen LogP contribution in [-0.2, 0) is 0 Å². The van der Waals surface area contributed by atoms with E-state index < -0.39 is 6.09 Å². The van der Waals surface area contributed by atoms with Crippen LogP contribution in [0.1, 0.15) is 19.3 Å². The molecule has 3 heteroatoms. The minimum Gasteiger partial charge on any atom is -0.465 e. The summed E-state index contributed by atoms with van der Waals surface area (Å²) in [6, 6.07) is 0.141. The molecule has 3 nitrogen and oxygen atoms in total. The van der Waals surface area contributed by atoms with E-state index in [1.807, 2.05) is 6.08 Å². The van der Waals surface area contributed by atoms with Crippen molar-refractivity contribution < 1.29 is 9.90 Å². The zero-order valence-corrected chi connectivity index (χ0v) is 5.71. The van der Waals surface area contributed by atoms with Crippen molar-refractivity contribution >= 4 is 6.09 Å². The van der Waals surface area contributed by atoms with E-state index in [2.05, 4.69) is 11.4 Å². The lowest BCUT2D eigenvalue weighted by Crippen LogP contribution is -2.33. The predicted octanol–water partition coefficient (Wildman–Crippen LogP) is 1.36. The number of rotatable bonds is 1. The zero-order chi connectivity index (χ0) is 7.40. The van der Waals surface area contributed by atoms with Gasteiger partial charge in [0, 0.05) is 6.04 Å². The van der Waals surface area contributed by atoms with Crippen molar-refractivity contribution in [1.29, 1.82) is 0 Å². The summed E-state index contributed by atoms with van der Waals surface area (Å²) in [6.45, 7) is 0. The molecule has 1 aliphatic rings. The Kier molecular flexibility index (Phi) is 2.31. The molecule has 0 spiro atoms. The van der Waals surface area contributed by atoms with E-state index in [1.54, 1.807) is 0 Å². The average Bonchev–Trinajstić information content (AvgIpc) is 1.88. The topological polar surface area (TPSA) is 49.3 Å². The van der Waals surface area contributed by atoms with Gasteiger partial charge in [-0.1, -0.05) is 12.2 Å². The minimum absolute atomic E-state index is 0.141. The normalized spacial score (nSPS) is 24.2. The monoisotopic (exact) mass is 141 g/mol. The Hall–Kier alpha value is -0.990. The Labute approximate surface area is 59.7 Å². The van der Waals surface area contributed by atoms with Crippen LogP contribution in [0.15, 0.2) is 12.2 Å². The third-order valence-electron chi connectivity index (χ3n) is 1.60. The molecule has 1 aliphatic carbocycles. The van der Waals surface area contributed by atoms with E-state index in [4.69, 9.17) is 5.11 Å². The molecule has 56 valence electrons. The fourth-order valence-electron chi connectivity index (χ4n) is 1.10. The highest BCUT2D eigenvalue weighted by molar-refractivity contribution is 5.64. The van der Waals surface area contributed by atoms with Gasteiger partial charge in [0.1, 0.15) is 0 Å². The highest BCUT2D eigenvalue weighted by Gasteiger charge is 2.10. The van der Waals surface area contributed by atoms with Crippen LogP contribution in [0.4, 0.5) is 4.79 Å². The predicted molar refractivity (Wildman–Crippen MR) is 37.9 cm³/mol. The van der Waals surface area contributed by atoms with Gasteiger partial charge in [-0.15, -0.1) is 0 Å². The highest BCUT2D eigenvalue weighted by Crippen LogP contribution is 2.09.